The van der Waals surface area contributed by atoms with Crippen LogP contribution in [0.4, 0.5) is 5.82 Å². The summed E-state index contributed by atoms with van der Waals surface area (Å²) in [4.78, 5) is 41.2. The number of rotatable bonds is 4. The predicted octanol–water partition coefficient (Wildman–Crippen LogP) is 3.29. The molecule has 2 fully saturated rings. The number of aromatic nitrogens is 4. The predicted molar refractivity (Wildman–Crippen MR) is 133 cm³/mol. The van der Waals surface area contributed by atoms with Crippen molar-refractivity contribution >= 4 is 29.2 Å². The second kappa shape index (κ2) is 9.30. The Hall–Kier alpha value is -3.46. The first-order valence-electron chi connectivity index (χ1n) is 11.8. The number of halogens is 1. The number of hydrogen-bond acceptors (Lipinski definition) is 6. The fraction of sp³-hybridized carbons (Fsp3) is 0.400. The van der Waals surface area contributed by atoms with Crippen molar-refractivity contribution in [1.29, 1.82) is 0 Å². The molecule has 0 bridgehead atoms. The van der Waals surface area contributed by atoms with Gasteiger partial charge in [-0.25, -0.2) is 14.6 Å². The van der Waals surface area contributed by atoms with E-state index in [2.05, 4.69) is 20.0 Å². The summed E-state index contributed by atoms with van der Waals surface area (Å²) in [5.41, 5.74) is 0.563. The summed E-state index contributed by atoms with van der Waals surface area (Å²) in [6.07, 6.45) is 3.80. The van der Waals surface area contributed by atoms with Crippen LogP contribution in [0.3, 0.4) is 0 Å². The number of pyridine rings is 1. The van der Waals surface area contributed by atoms with Crippen LogP contribution in [0.5, 0.6) is 0 Å². The molecule has 3 aromatic rings. The Balaban J connectivity index is 1.29. The van der Waals surface area contributed by atoms with Gasteiger partial charge in [0.25, 0.3) is 11.8 Å². The molecule has 0 aliphatic carbocycles. The molecule has 1 aromatic carbocycles. The molecular formula is C25H28ClN7O2. The topological polar surface area (TPSA) is 87.5 Å². The van der Waals surface area contributed by atoms with Gasteiger partial charge in [-0.05, 0) is 57.0 Å². The summed E-state index contributed by atoms with van der Waals surface area (Å²) in [6, 6.07) is 12.8. The zero-order valence-corrected chi connectivity index (χ0v) is 20.6. The van der Waals surface area contributed by atoms with Crippen molar-refractivity contribution in [1.82, 2.24) is 29.5 Å². The number of amides is 2. The Morgan fingerprint density at radius 3 is 2.49 bits per heavy atom. The van der Waals surface area contributed by atoms with E-state index in [1.54, 1.807) is 28.0 Å². The van der Waals surface area contributed by atoms with Crippen LogP contribution in [0.1, 0.15) is 47.8 Å². The summed E-state index contributed by atoms with van der Waals surface area (Å²) in [6.45, 7) is 7.04. The second-order valence-electron chi connectivity index (χ2n) is 9.56. The first-order chi connectivity index (χ1) is 16.8. The van der Waals surface area contributed by atoms with Crippen LogP contribution >= 0.6 is 11.6 Å². The molecule has 0 spiro atoms. The molecule has 2 aromatic heterocycles. The molecule has 4 heterocycles. The summed E-state index contributed by atoms with van der Waals surface area (Å²) in [5, 5.41) is 4.95. The Morgan fingerprint density at radius 2 is 1.74 bits per heavy atom. The highest BCUT2D eigenvalue weighted by Gasteiger charge is 2.40. The minimum absolute atomic E-state index is 0.109. The fourth-order valence-electron chi connectivity index (χ4n) is 4.76. The lowest BCUT2D eigenvalue weighted by Gasteiger charge is -2.46. The summed E-state index contributed by atoms with van der Waals surface area (Å²) < 4.78 is 1.53. The number of hydrogen-bond donors (Lipinski definition) is 0. The molecule has 182 valence electrons. The number of carbonyl (C=O) groups excluding carboxylic acids is 2. The molecule has 2 aliphatic rings. The van der Waals surface area contributed by atoms with Crippen molar-refractivity contribution in [2.45, 2.75) is 32.2 Å². The van der Waals surface area contributed by atoms with Gasteiger partial charge in [-0.2, -0.15) is 0 Å². The van der Waals surface area contributed by atoms with Gasteiger partial charge >= 0.3 is 0 Å². The molecule has 2 aliphatic heterocycles. The van der Waals surface area contributed by atoms with Gasteiger partial charge in [0, 0.05) is 37.7 Å². The number of piperazine rings is 1. The van der Waals surface area contributed by atoms with Crippen molar-refractivity contribution in [3.05, 3.63) is 65.3 Å². The summed E-state index contributed by atoms with van der Waals surface area (Å²) >= 11 is 6.07. The smallest absolute Gasteiger partial charge is 0.294 e. The van der Waals surface area contributed by atoms with Gasteiger partial charge < -0.3 is 14.7 Å². The molecular weight excluding hydrogens is 466 g/mol. The van der Waals surface area contributed by atoms with Gasteiger partial charge in [-0.1, -0.05) is 23.7 Å². The Labute approximate surface area is 209 Å². The van der Waals surface area contributed by atoms with E-state index >= 15 is 0 Å². The van der Waals surface area contributed by atoms with E-state index in [1.165, 1.54) is 11.0 Å². The number of anilines is 1. The Kier molecular flexibility index (Phi) is 6.19. The molecule has 0 radical (unpaired) electrons. The molecule has 0 atom stereocenters. The van der Waals surface area contributed by atoms with Crippen LogP contribution in [-0.4, -0.2) is 79.6 Å². The summed E-state index contributed by atoms with van der Waals surface area (Å²) in [7, 11) is 0. The van der Waals surface area contributed by atoms with Crippen LogP contribution in [-0.2, 0) is 0 Å². The van der Waals surface area contributed by atoms with Crippen LogP contribution < -0.4 is 4.90 Å². The van der Waals surface area contributed by atoms with Crippen LogP contribution in [0, 0.1) is 0 Å². The van der Waals surface area contributed by atoms with Gasteiger partial charge in [-0.15, -0.1) is 5.10 Å². The van der Waals surface area contributed by atoms with Crippen molar-refractivity contribution in [2.75, 3.05) is 37.6 Å². The number of benzene rings is 1. The molecule has 0 unspecified atom stereocenters. The first kappa shape index (κ1) is 23.3. The van der Waals surface area contributed by atoms with Crippen molar-refractivity contribution in [3.63, 3.8) is 0 Å². The minimum atomic E-state index is -0.598. The van der Waals surface area contributed by atoms with Gasteiger partial charge in [0.05, 0.1) is 11.2 Å². The van der Waals surface area contributed by atoms with Gasteiger partial charge in [0.2, 0.25) is 5.82 Å². The molecule has 0 saturated carbocycles. The van der Waals surface area contributed by atoms with E-state index in [4.69, 9.17) is 11.6 Å². The standard InChI is InChI=1S/C25H28ClN7O2/c1-25(2)16-31(23(34)20-9-6-10-21(28-20)30-11-3-4-12-30)13-14-32(25)24(35)22-27-17-33(29-22)19-8-5-7-18(26)15-19/h5-10,15,17H,3-4,11-14,16H2,1-2H3. The van der Waals surface area contributed by atoms with E-state index in [1.807, 2.05) is 38.1 Å². The SMILES string of the molecule is CC1(C)CN(C(=O)c2cccc(N3CCCC3)n2)CCN1C(=O)c1ncn(-c2cccc(Cl)c2)n1. The number of carbonyl (C=O) groups is 2. The third-order valence-corrected chi connectivity index (χ3v) is 6.81. The first-order valence-corrected chi connectivity index (χ1v) is 12.2. The van der Waals surface area contributed by atoms with Crippen LogP contribution in [0.2, 0.25) is 5.02 Å². The zero-order valence-electron chi connectivity index (χ0n) is 19.9. The molecule has 35 heavy (non-hydrogen) atoms. The monoisotopic (exact) mass is 493 g/mol. The average molecular weight is 494 g/mol. The normalized spacial score (nSPS) is 17.6. The third-order valence-electron chi connectivity index (χ3n) is 6.57. The Bertz CT molecular complexity index is 1250. The van der Waals surface area contributed by atoms with E-state index in [0.29, 0.717) is 30.4 Å². The maximum atomic E-state index is 13.3. The van der Waals surface area contributed by atoms with E-state index in [-0.39, 0.29) is 17.6 Å². The molecule has 10 heteroatoms. The van der Waals surface area contributed by atoms with Gasteiger partial charge in [-0.3, -0.25) is 9.59 Å². The lowest BCUT2D eigenvalue weighted by atomic mass is 9.98. The van der Waals surface area contributed by atoms with E-state index < -0.39 is 5.54 Å². The lowest BCUT2D eigenvalue weighted by Crippen LogP contribution is -2.62. The third kappa shape index (κ3) is 4.73. The summed E-state index contributed by atoms with van der Waals surface area (Å²) in [5.74, 6) is 0.576. The zero-order chi connectivity index (χ0) is 24.6. The van der Waals surface area contributed by atoms with Crippen molar-refractivity contribution in [2.24, 2.45) is 0 Å². The minimum Gasteiger partial charge on any atom is -0.357 e. The van der Waals surface area contributed by atoms with E-state index in [9.17, 15) is 9.59 Å². The fourth-order valence-corrected chi connectivity index (χ4v) is 4.94. The van der Waals surface area contributed by atoms with Gasteiger partial charge in [0.15, 0.2) is 0 Å². The molecule has 0 N–H and O–H groups in total. The lowest BCUT2D eigenvalue weighted by molar-refractivity contribution is 0.0158. The largest absolute Gasteiger partial charge is 0.357 e. The van der Waals surface area contributed by atoms with Crippen molar-refractivity contribution in [3.8, 4) is 5.69 Å². The molecule has 2 saturated heterocycles. The van der Waals surface area contributed by atoms with Crippen molar-refractivity contribution < 1.29 is 9.59 Å². The molecule has 5 rings (SSSR count). The maximum absolute atomic E-state index is 13.3. The van der Waals surface area contributed by atoms with E-state index in [0.717, 1.165) is 37.4 Å². The van der Waals surface area contributed by atoms with Crippen LogP contribution in [0.25, 0.3) is 5.69 Å². The van der Waals surface area contributed by atoms with Gasteiger partial charge in [0.1, 0.15) is 17.8 Å². The Morgan fingerprint density at radius 1 is 0.971 bits per heavy atom. The average Bonchev–Trinajstić information content (AvgIpc) is 3.55. The second-order valence-corrected chi connectivity index (χ2v) is 10.0. The van der Waals surface area contributed by atoms with Crippen LogP contribution in [0.15, 0.2) is 48.8 Å². The molecule has 2 amide bonds. The highest BCUT2D eigenvalue weighted by atomic mass is 35.5. The highest BCUT2D eigenvalue weighted by molar-refractivity contribution is 6.30. The highest BCUT2D eigenvalue weighted by Crippen LogP contribution is 2.25. The quantitative estimate of drug-likeness (QED) is 0.554. The molecule has 9 nitrogen and oxygen atoms in total. The number of nitrogens with zero attached hydrogens (tertiary/aromatic N) is 7. The maximum Gasteiger partial charge on any atom is 0.294 e.